The molecule has 0 aliphatic carbocycles. The first-order valence-electron chi connectivity index (χ1n) is 15.1. The molecule has 0 saturated carbocycles. The maximum Gasteiger partial charge on any atom is 2.00 e. The Morgan fingerprint density at radius 3 is 1.14 bits per heavy atom. The molecule has 12 heteroatoms. The van der Waals surface area contributed by atoms with Crippen LogP contribution in [0, 0.1) is 13.8 Å². The molecule has 42 heavy (non-hydrogen) atoms. The molecule has 13 atom stereocenters. The van der Waals surface area contributed by atoms with E-state index >= 15 is 0 Å². The van der Waals surface area contributed by atoms with Crippen molar-refractivity contribution in [2.24, 2.45) is 0 Å². The molecule has 3 aliphatic heterocycles. The monoisotopic (exact) mass is 680 g/mol. The third kappa shape index (κ3) is 18.4. The summed E-state index contributed by atoms with van der Waals surface area (Å²) in [6.07, 6.45) is -3.79. The van der Waals surface area contributed by atoms with Gasteiger partial charge in [-0.2, -0.15) is 12.8 Å². The van der Waals surface area contributed by atoms with E-state index in [2.05, 4.69) is 13.8 Å². The van der Waals surface area contributed by atoms with Crippen molar-refractivity contribution >= 4 is 9.03 Å². The van der Waals surface area contributed by atoms with Gasteiger partial charge in [0.25, 0.3) is 0 Å². The molecule has 260 valence electrons. The van der Waals surface area contributed by atoms with Crippen molar-refractivity contribution < 1.29 is 63.1 Å². The van der Waals surface area contributed by atoms with Gasteiger partial charge < -0.3 is 47.3 Å². The second-order valence-corrected chi connectivity index (χ2v) is 10.4. The fraction of sp³-hybridized carbons (Fsp3) is 0.933. The summed E-state index contributed by atoms with van der Waals surface area (Å²) in [6.45, 7) is 25.8. The minimum Gasteiger partial charge on any atom is -0.387 e. The summed E-state index contributed by atoms with van der Waals surface area (Å²) in [5, 5.41) is 18.1. The third-order valence-electron chi connectivity index (χ3n) is 6.10. The zero-order chi connectivity index (χ0) is 32.7. The van der Waals surface area contributed by atoms with Gasteiger partial charge in [0.15, 0.2) is 27.5 Å². The van der Waals surface area contributed by atoms with Crippen LogP contribution in [0.1, 0.15) is 101 Å². The van der Waals surface area contributed by atoms with Gasteiger partial charge in [0.1, 0.15) is 18.3 Å². The summed E-state index contributed by atoms with van der Waals surface area (Å²) in [5.74, 6) is 0. The van der Waals surface area contributed by atoms with Crippen LogP contribution in [0.4, 0.5) is 13.2 Å². The Hall–Kier alpha value is 0.434. The van der Waals surface area contributed by atoms with Gasteiger partial charge >= 0.3 is 16.5 Å². The predicted molar refractivity (Wildman–Crippen MR) is 163 cm³/mol. The Labute approximate surface area is 267 Å². The molecule has 0 radical (unpaired) electrons. The molecule has 0 spiro atoms. The van der Waals surface area contributed by atoms with Gasteiger partial charge in [-0.3, -0.25) is 0 Å². The van der Waals surface area contributed by atoms with Gasteiger partial charge in [-0.15, -0.1) is 0 Å². The second-order valence-electron chi connectivity index (χ2n) is 9.55. The molecule has 0 aromatic carbocycles. The Morgan fingerprint density at radius 1 is 0.667 bits per heavy atom. The Balaban J connectivity index is -0.000000228. The van der Waals surface area contributed by atoms with Crippen molar-refractivity contribution in [2.45, 2.75) is 175 Å². The quantitative estimate of drug-likeness (QED) is 0.173. The standard InChI is InChI=1S/C8H16FO3P.2C7H13FO2.2C3H7.C2H6.Ni/c1-4-6-7(9)8(5(2)11-6)12-13-10-3;2*1-3-5-6(8)7(9)4(2)10-5;2*1-3-2;1-2;/h5-8,13H,4H2,1-3H3;2*4-7,9H,3H2,1-2H3;2*1,3H2,2H3;1-2H3;/q;;;2*-1;;+2/t5-,6+,7-,8?;2*4-,5+,6-,7?;;;;/m000..../s1. The molecule has 3 saturated heterocycles. The van der Waals surface area contributed by atoms with Gasteiger partial charge in [0, 0.05) is 7.11 Å². The predicted octanol–water partition coefficient (Wildman–Crippen LogP) is 7.31. The van der Waals surface area contributed by atoms with Crippen LogP contribution in [0.2, 0.25) is 0 Å². The number of halogens is 3. The minimum atomic E-state index is -1.19. The number of aliphatic hydroxyl groups excluding tert-OH is 2. The SMILES string of the molecule is CC.CC[C@H]1O[C@@H](C)C(O)[C@H]1F.CC[C@H]1O[C@@H](C)C(O)[C@H]1F.CC[C@H]1O[C@@H](C)C(OPOC)[C@H]1F.[CH2-]CC.[CH2-]CC.[Ni+2]. The van der Waals surface area contributed by atoms with E-state index < -0.39 is 49.0 Å². The van der Waals surface area contributed by atoms with Crippen LogP contribution >= 0.6 is 9.03 Å². The van der Waals surface area contributed by atoms with Crippen LogP contribution in [0.15, 0.2) is 0 Å². The van der Waals surface area contributed by atoms with Gasteiger partial charge in [0.2, 0.25) is 0 Å². The molecule has 3 fully saturated rings. The fourth-order valence-corrected chi connectivity index (χ4v) is 4.48. The zero-order valence-corrected chi connectivity index (χ0v) is 29.8. The molecule has 0 aromatic rings. The Bertz CT molecular complexity index is 547. The number of ether oxygens (including phenoxy) is 3. The summed E-state index contributed by atoms with van der Waals surface area (Å²) in [4.78, 5) is 0. The minimum absolute atomic E-state index is 0. The average Bonchev–Trinajstić information content (AvgIpc) is 3.49. The van der Waals surface area contributed by atoms with Crippen molar-refractivity contribution in [3.8, 4) is 0 Å². The van der Waals surface area contributed by atoms with E-state index in [4.69, 9.17) is 33.5 Å². The number of aliphatic hydroxyl groups is 2. The molecule has 2 N–H and O–H groups in total. The van der Waals surface area contributed by atoms with E-state index in [1.165, 1.54) is 7.11 Å². The van der Waals surface area contributed by atoms with E-state index in [-0.39, 0.29) is 49.9 Å². The first-order chi connectivity index (χ1) is 19.4. The summed E-state index contributed by atoms with van der Waals surface area (Å²) >= 11 is 0. The van der Waals surface area contributed by atoms with Gasteiger partial charge in [-0.1, -0.05) is 48.5 Å². The summed E-state index contributed by atoms with van der Waals surface area (Å²) in [6, 6.07) is 0. The summed E-state index contributed by atoms with van der Waals surface area (Å²) < 4.78 is 64.8. The molecule has 3 aliphatic rings. The maximum atomic E-state index is 13.5. The van der Waals surface area contributed by atoms with Gasteiger partial charge in [0.05, 0.1) is 36.6 Å². The Kier molecular flexibility index (Phi) is 35.4. The normalized spacial score (nSPS) is 36.4. The smallest absolute Gasteiger partial charge is 0.387 e. The number of hydrogen-bond acceptors (Lipinski definition) is 7. The fourth-order valence-electron chi connectivity index (χ4n) is 3.95. The molecule has 0 aromatic heterocycles. The molecular formula is C30H62F3NiO7P. The summed E-state index contributed by atoms with van der Waals surface area (Å²) in [7, 11) is 1.42. The van der Waals surface area contributed by atoms with E-state index in [0.717, 1.165) is 12.8 Å². The molecule has 3 rings (SSSR count). The maximum absolute atomic E-state index is 13.5. The molecule has 4 unspecified atom stereocenters. The number of hydrogen-bond donors (Lipinski definition) is 2. The van der Waals surface area contributed by atoms with Crippen LogP contribution in [-0.4, -0.2) is 90.8 Å². The van der Waals surface area contributed by atoms with Crippen LogP contribution in [0.25, 0.3) is 0 Å². The van der Waals surface area contributed by atoms with Crippen LogP contribution < -0.4 is 0 Å². The van der Waals surface area contributed by atoms with Crippen LogP contribution in [0.5, 0.6) is 0 Å². The van der Waals surface area contributed by atoms with E-state index in [1.807, 2.05) is 55.4 Å². The first-order valence-corrected chi connectivity index (χ1v) is 15.9. The van der Waals surface area contributed by atoms with Crippen LogP contribution in [-0.2, 0) is 39.7 Å². The molecule has 7 nitrogen and oxygen atoms in total. The Morgan fingerprint density at radius 2 is 0.952 bits per heavy atom. The molecule has 0 amide bonds. The van der Waals surface area contributed by atoms with Crippen LogP contribution in [0.3, 0.4) is 0 Å². The third-order valence-corrected chi connectivity index (χ3v) is 6.63. The molecule has 0 bridgehead atoms. The summed E-state index contributed by atoms with van der Waals surface area (Å²) in [5.41, 5.74) is 0. The van der Waals surface area contributed by atoms with Gasteiger partial charge in [-0.05, 0) is 40.0 Å². The topological polar surface area (TPSA) is 86.6 Å². The first kappa shape index (κ1) is 49.3. The molecule has 3 heterocycles. The van der Waals surface area contributed by atoms with E-state index in [1.54, 1.807) is 13.8 Å². The largest absolute Gasteiger partial charge is 2.00 e. The number of alkyl halides is 3. The second kappa shape index (κ2) is 30.1. The van der Waals surface area contributed by atoms with Crippen molar-refractivity contribution in [1.29, 1.82) is 0 Å². The van der Waals surface area contributed by atoms with Crippen molar-refractivity contribution in [2.75, 3.05) is 7.11 Å². The van der Waals surface area contributed by atoms with Crippen molar-refractivity contribution in [3.05, 3.63) is 13.8 Å². The average molecular weight is 681 g/mol. The van der Waals surface area contributed by atoms with Gasteiger partial charge in [-0.25, -0.2) is 13.2 Å². The van der Waals surface area contributed by atoms with E-state index in [0.29, 0.717) is 19.3 Å². The van der Waals surface area contributed by atoms with Crippen molar-refractivity contribution in [1.82, 2.24) is 0 Å². The molecular weight excluding hydrogens is 619 g/mol. The van der Waals surface area contributed by atoms with Crippen molar-refractivity contribution in [3.63, 3.8) is 0 Å². The number of rotatable bonds is 6. The zero-order valence-electron chi connectivity index (χ0n) is 27.8. The van der Waals surface area contributed by atoms with E-state index in [9.17, 15) is 13.2 Å².